The third-order valence-corrected chi connectivity index (χ3v) is 4.35. The maximum absolute atomic E-state index is 13.2. The van der Waals surface area contributed by atoms with Crippen molar-refractivity contribution in [2.75, 3.05) is 13.1 Å². The molecule has 3 amide bonds. The molecule has 1 rings (SSSR count). The number of ether oxygens (including phenoxy) is 1. The van der Waals surface area contributed by atoms with Crippen molar-refractivity contribution >= 4 is 17.9 Å². The summed E-state index contributed by atoms with van der Waals surface area (Å²) in [7, 11) is 0. The molecule has 0 radical (unpaired) electrons. The number of nitrogens with one attached hydrogen (secondary N) is 2. The molecule has 0 heterocycles. The number of carbonyl (C=O) groups excluding carboxylic acids is 3. The molecule has 0 aromatic heterocycles. The van der Waals surface area contributed by atoms with E-state index in [1.165, 1.54) is 4.90 Å². The highest BCUT2D eigenvalue weighted by Gasteiger charge is 2.31. The zero-order valence-electron chi connectivity index (χ0n) is 19.2. The van der Waals surface area contributed by atoms with Crippen molar-refractivity contribution in [3.05, 3.63) is 35.9 Å². The maximum atomic E-state index is 13.2. The smallest absolute Gasteiger partial charge is 0.408 e. The van der Waals surface area contributed by atoms with E-state index in [1.54, 1.807) is 20.8 Å². The van der Waals surface area contributed by atoms with Gasteiger partial charge in [-0.2, -0.15) is 0 Å². The van der Waals surface area contributed by atoms with Crippen LogP contribution in [0.15, 0.2) is 30.3 Å². The molecule has 7 heteroatoms. The monoisotopic (exact) mass is 419 g/mol. The van der Waals surface area contributed by atoms with Crippen molar-refractivity contribution in [2.24, 2.45) is 0 Å². The van der Waals surface area contributed by atoms with Gasteiger partial charge >= 0.3 is 6.09 Å². The second-order valence-electron chi connectivity index (χ2n) is 8.45. The molecule has 0 aliphatic rings. The van der Waals surface area contributed by atoms with Gasteiger partial charge in [-0.25, -0.2) is 4.79 Å². The van der Waals surface area contributed by atoms with E-state index in [4.69, 9.17) is 4.74 Å². The molecule has 168 valence electrons. The second-order valence-corrected chi connectivity index (χ2v) is 8.45. The summed E-state index contributed by atoms with van der Waals surface area (Å²) in [6.07, 6.45) is 1.83. The van der Waals surface area contributed by atoms with Crippen LogP contribution >= 0.6 is 0 Å². The topological polar surface area (TPSA) is 87.7 Å². The number of rotatable bonds is 10. The number of hydrogen-bond acceptors (Lipinski definition) is 4. The Morgan fingerprint density at radius 1 is 1.07 bits per heavy atom. The van der Waals surface area contributed by atoms with Crippen LogP contribution in [0.25, 0.3) is 0 Å². The first-order valence-corrected chi connectivity index (χ1v) is 10.7. The van der Waals surface area contributed by atoms with Crippen molar-refractivity contribution in [3.8, 4) is 0 Å². The van der Waals surface area contributed by atoms with E-state index in [9.17, 15) is 14.4 Å². The quantitative estimate of drug-likeness (QED) is 0.604. The van der Waals surface area contributed by atoms with Gasteiger partial charge in [0.2, 0.25) is 11.8 Å². The minimum atomic E-state index is -0.765. The van der Waals surface area contributed by atoms with Crippen LogP contribution in [0.2, 0.25) is 0 Å². The molecule has 0 bridgehead atoms. The third-order valence-electron chi connectivity index (χ3n) is 4.35. The Balaban J connectivity index is 3.04. The molecule has 0 aliphatic carbocycles. The highest BCUT2D eigenvalue weighted by molar-refractivity contribution is 5.90. The molecular weight excluding hydrogens is 382 g/mol. The number of alkyl carbamates (subject to hydrolysis) is 1. The SMILES string of the molecule is CCCC(C)NC(=O)C(c1ccccc1)N(CCC)C(=O)CNC(=O)OC(C)(C)C. The van der Waals surface area contributed by atoms with Gasteiger partial charge < -0.3 is 20.3 Å². The first-order chi connectivity index (χ1) is 14.1. The van der Waals surface area contributed by atoms with Crippen LogP contribution < -0.4 is 10.6 Å². The molecule has 0 spiro atoms. The Hall–Kier alpha value is -2.57. The summed E-state index contributed by atoms with van der Waals surface area (Å²) in [5.41, 5.74) is 0.0794. The Bertz CT molecular complexity index is 685. The average Bonchev–Trinajstić information content (AvgIpc) is 2.65. The third kappa shape index (κ3) is 8.84. The van der Waals surface area contributed by atoms with Crippen molar-refractivity contribution in [3.63, 3.8) is 0 Å². The van der Waals surface area contributed by atoms with E-state index in [2.05, 4.69) is 17.6 Å². The first-order valence-electron chi connectivity index (χ1n) is 10.7. The number of hydrogen-bond donors (Lipinski definition) is 2. The summed E-state index contributed by atoms with van der Waals surface area (Å²) >= 11 is 0. The molecule has 7 nitrogen and oxygen atoms in total. The lowest BCUT2D eigenvalue weighted by Gasteiger charge is -2.32. The van der Waals surface area contributed by atoms with Gasteiger partial charge in [0.25, 0.3) is 0 Å². The van der Waals surface area contributed by atoms with Gasteiger partial charge in [0.05, 0.1) is 0 Å². The molecule has 2 N–H and O–H groups in total. The van der Waals surface area contributed by atoms with E-state index in [1.807, 2.05) is 44.2 Å². The van der Waals surface area contributed by atoms with Crippen LogP contribution in [0.3, 0.4) is 0 Å². The molecule has 1 aromatic rings. The Labute approximate surface area is 180 Å². The predicted octanol–water partition coefficient (Wildman–Crippen LogP) is 3.80. The fraction of sp³-hybridized carbons (Fsp3) is 0.609. The number of carbonyl (C=O) groups is 3. The molecule has 1 aromatic carbocycles. The highest BCUT2D eigenvalue weighted by Crippen LogP contribution is 2.22. The van der Waals surface area contributed by atoms with Gasteiger partial charge in [-0.15, -0.1) is 0 Å². The van der Waals surface area contributed by atoms with Crippen molar-refractivity contribution in [1.82, 2.24) is 15.5 Å². The van der Waals surface area contributed by atoms with Gasteiger partial charge in [0.1, 0.15) is 18.2 Å². The van der Waals surface area contributed by atoms with Crippen molar-refractivity contribution in [2.45, 2.75) is 78.5 Å². The van der Waals surface area contributed by atoms with E-state index >= 15 is 0 Å². The standard InChI is InChI=1S/C23H37N3O4/c1-7-12-17(3)25-21(28)20(18-13-10-9-11-14-18)26(15-8-2)19(27)16-24-22(29)30-23(4,5)6/h9-11,13-14,17,20H,7-8,12,15-16H2,1-6H3,(H,24,29)(H,25,28). The van der Waals surface area contributed by atoms with Crippen LogP contribution in [0, 0.1) is 0 Å². The number of benzene rings is 1. The summed E-state index contributed by atoms with van der Waals surface area (Å²) in [4.78, 5) is 39.6. The Morgan fingerprint density at radius 3 is 2.23 bits per heavy atom. The summed E-state index contributed by atoms with van der Waals surface area (Å²) < 4.78 is 5.20. The fourth-order valence-corrected chi connectivity index (χ4v) is 3.14. The van der Waals surface area contributed by atoms with Gasteiger partial charge in [-0.3, -0.25) is 9.59 Å². The maximum Gasteiger partial charge on any atom is 0.408 e. The van der Waals surface area contributed by atoms with Crippen molar-refractivity contribution < 1.29 is 19.1 Å². The van der Waals surface area contributed by atoms with Crippen LogP contribution in [-0.2, 0) is 14.3 Å². The lowest BCUT2D eigenvalue weighted by Crippen LogP contribution is -2.49. The molecule has 2 unspecified atom stereocenters. The summed E-state index contributed by atoms with van der Waals surface area (Å²) in [5.74, 6) is -0.559. The summed E-state index contributed by atoms with van der Waals surface area (Å²) in [6, 6.07) is 8.48. The molecular formula is C23H37N3O4. The zero-order valence-corrected chi connectivity index (χ0v) is 19.2. The van der Waals surface area contributed by atoms with Crippen LogP contribution in [0.5, 0.6) is 0 Å². The normalized spacial score (nSPS) is 13.1. The second kappa shape index (κ2) is 12.2. The van der Waals surface area contributed by atoms with E-state index in [0.717, 1.165) is 18.4 Å². The minimum Gasteiger partial charge on any atom is -0.444 e. The van der Waals surface area contributed by atoms with Gasteiger partial charge in [-0.05, 0) is 46.1 Å². The molecule has 0 saturated heterocycles. The predicted molar refractivity (Wildman–Crippen MR) is 118 cm³/mol. The lowest BCUT2D eigenvalue weighted by atomic mass is 10.0. The molecule has 0 saturated carbocycles. The highest BCUT2D eigenvalue weighted by atomic mass is 16.6. The van der Waals surface area contributed by atoms with Gasteiger partial charge in [0, 0.05) is 12.6 Å². The zero-order chi connectivity index (χ0) is 22.7. The summed E-state index contributed by atoms with van der Waals surface area (Å²) in [6.45, 7) is 11.4. The molecule has 2 atom stereocenters. The number of nitrogens with zero attached hydrogens (tertiary/aromatic N) is 1. The van der Waals surface area contributed by atoms with E-state index in [-0.39, 0.29) is 24.4 Å². The van der Waals surface area contributed by atoms with E-state index < -0.39 is 17.7 Å². The van der Waals surface area contributed by atoms with Crippen LogP contribution in [-0.4, -0.2) is 47.5 Å². The fourth-order valence-electron chi connectivity index (χ4n) is 3.14. The largest absolute Gasteiger partial charge is 0.444 e. The number of amides is 3. The molecule has 0 aliphatic heterocycles. The van der Waals surface area contributed by atoms with Gasteiger partial charge in [0.15, 0.2) is 0 Å². The van der Waals surface area contributed by atoms with Crippen molar-refractivity contribution in [1.29, 1.82) is 0 Å². The minimum absolute atomic E-state index is 0.00665. The Morgan fingerprint density at radius 2 is 1.70 bits per heavy atom. The van der Waals surface area contributed by atoms with E-state index in [0.29, 0.717) is 13.0 Å². The van der Waals surface area contributed by atoms with Crippen LogP contribution in [0.4, 0.5) is 4.79 Å². The molecule has 0 fully saturated rings. The molecule has 30 heavy (non-hydrogen) atoms. The van der Waals surface area contributed by atoms with Crippen LogP contribution in [0.1, 0.15) is 72.4 Å². The van der Waals surface area contributed by atoms with Gasteiger partial charge in [-0.1, -0.05) is 50.6 Å². The Kier molecular flexibility index (Phi) is 10.4. The average molecular weight is 420 g/mol. The lowest BCUT2D eigenvalue weighted by molar-refractivity contribution is -0.140. The first kappa shape index (κ1) is 25.5. The summed E-state index contributed by atoms with van der Waals surface area (Å²) in [5, 5.41) is 5.52.